The van der Waals surface area contributed by atoms with Gasteiger partial charge < -0.3 is 4.90 Å². The van der Waals surface area contributed by atoms with Crippen LogP contribution >= 0.6 is 0 Å². The van der Waals surface area contributed by atoms with Crippen LogP contribution < -0.4 is 10.0 Å². The molecule has 0 saturated carbocycles. The van der Waals surface area contributed by atoms with Crippen LogP contribution in [0.2, 0.25) is 0 Å². The van der Waals surface area contributed by atoms with E-state index >= 15 is 0 Å². The zero-order valence-electron chi connectivity index (χ0n) is 17.6. The molecule has 3 amide bonds. The van der Waals surface area contributed by atoms with E-state index < -0.39 is 33.4 Å². The van der Waals surface area contributed by atoms with Gasteiger partial charge in [-0.3, -0.25) is 14.4 Å². The Morgan fingerprint density at radius 1 is 1.06 bits per heavy atom. The molecule has 164 valence electrons. The Morgan fingerprint density at radius 3 is 2.16 bits per heavy atom. The molecule has 2 aromatic carbocycles. The summed E-state index contributed by atoms with van der Waals surface area (Å²) in [6.07, 6.45) is -0.0350. The number of carbonyl (C=O) groups excluding carboxylic acids is 3. The number of hydrogen-bond donors (Lipinski definition) is 1. The fraction of sp³-hybridized carbons (Fsp3) is 0.318. The molecule has 0 spiro atoms. The lowest BCUT2D eigenvalue weighted by molar-refractivity contribution is -0.143. The maximum atomic E-state index is 13.2. The molecular weight excluding hydrogens is 418 g/mol. The van der Waals surface area contributed by atoms with Crippen LogP contribution in [0.4, 0.5) is 5.69 Å². The maximum absolute atomic E-state index is 13.2. The summed E-state index contributed by atoms with van der Waals surface area (Å²) < 4.78 is 22.9. The quantitative estimate of drug-likeness (QED) is 0.708. The van der Waals surface area contributed by atoms with Crippen LogP contribution in [-0.4, -0.2) is 42.6 Å². The van der Waals surface area contributed by atoms with Gasteiger partial charge >= 0.3 is 0 Å². The van der Waals surface area contributed by atoms with Crippen molar-refractivity contribution in [3.8, 4) is 0 Å². The molecule has 0 aromatic heterocycles. The van der Waals surface area contributed by atoms with E-state index in [0.29, 0.717) is 0 Å². The summed E-state index contributed by atoms with van der Waals surface area (Å²) in [6, 6.07) is 13.4. The van der Waals surface area contributed by atoms with E-state index in [4.69, 9.17) is 5.14 Å². The lowest BCUT2D eigenvalue weighted by Gasteiger charge is -2.39. The summed E-state index contributed by atoms with van der Waals surface area (Å²) in [7, 11) is -3.90. The van der Waals surface area contributed by atoms with Crippen molar-refractivity contribution in [2.45, 2.75) is 50.1 Å². The lowest BCUT2D eigenvalue weighted by Crippen LogP contribution is -2.55. The van der Waals surface area contributed by atoms with Crippen LogP contribution in [0.15, 0.2) is 59.5 Å². The maximum Gasteiger partial charge on any atom is 0.257 e. The van der Waals surface area contributed by atoms with Gasteiger partial charge in [0.25, 0.3) is 5.91 Å². The first kappa shape index (κ1) is 22.6. The Kier molecular flexibility index (Phi) is 6.02. The third kappa shape index (κ3) is 4.83. The number of benzene rings is 2. The highest BCUT2D eigenvalue weighted by Crippen LogP contribution is 2.30. The van der Waals surface area contributed by atoms with Gasteiger partial charge in [-0.1, -0.05) is 30.3 Å². The molecule has 0 radical (unpaired) electrons. The van der Waals surface area contributed by atoms with E-state index in [0.717, 1.165) is 10.5 Å². The van der Waals surface area contributed by atoms with Crippen molar-refractivity contribution in [2.24, 2.45) is 5.14 Å². The molecule has 1 heterocycles. The topological polar surface area (TPSA) is 118 Å². The third-order valence-corrected chi connectivity index (χ3v) is 5.98. The van der Waals surface area contributed by atoms with E-state index in [2.05, 4.69) is 0 Å². The van der Waals surface area contributed by atoms with Gasteiger partial charge in [-0.2, -0.15) is 0 Å². The summed E-state index contributed by atoms with van der Waals surface area (Å²) in [6.45, 7) is 5.45. The molecular formula is C22H25N3O5S. The SMILES string of the molecule is CC(C)(C)N(C(=O)Cc1ccccc1)C1CC(=O)N(c2ccc(S(N)(=O)=O)cc2)C1=O. The van der Waals surface area contributed by atoms with Crippen molar-refractivity contribution < 1.29 is 22.8 Å². The minimum absolute atomic E-state index is 0.110. The molecule has 3 rings (SSSR count). The number of primary sulfonamides is 1. The van der Waals surface area contributed by atoms with Gasteiger partial charge in [0.15, 0.2) is 0 Å². The second-order valence-corrected chi connectivity index (χ2v) is 9.98. The monoisotopic (exact) mass is 443 g/mol. The summed E-state index contributed by atoms with van der Waals surface area (Å²) in [4.78, 5) is 41.4. The number of imide groups is 1. The number of nitrogens with two attached hydrogens (primary N) is 1. The van der Waals surface area contributed by atoms with Gasteiger partial charge in [0, 0.05) is 5.54 Å². The number of amides is 3. The van der Waals surface area contributed by atoms with Crippen LogP contribution in [0.3, 0.4) is 0 Å². The number of sulfonamides is 1. The van der Waals surface area contributed by atoms with E-state index in [1.165, 1.54) is 29.2 Å². The van der Waals surface area contributed by atoms with Crippen molar-refractivity contribution in [3.63, 3.8) is 0 Å². The first-order valence-corrected chi connectivity index (χ1v) is 11.3. The van der Waals surface area contributed by atoms with E-state index in [1.54, 1.807) is 0 Å². The Morgan fingerprint density at radius 2 is 1.65 bits per heavy atom. The highest BCUT2D eigenvalue weighted by Gasteiger charge is 2.47. The summed E-state index contributed by atoms with van der Waals surface area (Å²) in [5.74, 6) is -1.24. The molecule has 2 N–H and O–H groups in total. The van der Waals surface area contributed by atoms with Gasteiger partial charge in [-0.15, -0.1) is 0 Å². The van der Waals surface area contributed by atoms with Crippen molar-refractivity contribution >= 4 is 33.4 Å². The molecule has 8 nitrogen and oxygen atoms in total. The molecule has 0 bridgehead atoms. The standard InChI is InChI=1S/C22H25N3O5S/c1-22(2,3)25(20(27)13-15-7-5-4-6-8-15)18-14-19(26)24(21(18)28)16-9-11-17(12-10-16)31(23,29)30/h4-12,18H,13-14H2,1-3H3,(H2,23,29,30). The Hall–Kier alpha value is -3.04. The largest absolute Gasteiger partial charge is 0.325 e. The summed E-state index contributed by atoms with van der Waals surface area (Å²) in [5, 5.41) is 5.10. The lowest BCUT2D eigenvalue weighted by atomic mass is 9.99. The molecule has 1 aliphatic rings. The molecule has 2 aromatic rings. The number of carbonyl (C=O) groups is 3. The summed E-state index contributed by atoms with van der Waals surface area (Å²) >= 11 is 0. The molecule has 0 aliphatic carbocycles. The Labute approximate surface area is 181 Å². The van der Waals surface area contributed by atoms with Gasteiger partial charge in [0.05, 0.1) is 23.4 Å². The number of hydrogen-bond acceptors (Lipinski definition) is 5. The van der Waals surface area contributed by atoms with E-state index in [1.807, 2.05) is 51.1 Å². The van der Waals surface area contributed by atoms with Gasteiger partial charge in [-0.05, 0) is 50.6 Å². The highest BCUT2D eigenvalue weighted by atomic mass is 32.2. The molecule has 1 atom stereocenters. The Balaban J connectivity index is 1.89. The molecule has 1 unspecified atom stereocenters. The van der Waals surface area contributed by atoms with Crippen LogP contribution in [0, 0.1) is 0 Å². The minimum atomic E-state index is -3.90. The fourth-order valence-electron chi connectivity index (χ4n) is 3.74. The smallest absolute Gasteiger partial charge is 0.257 e. The van der Waals surface area contributed by atoms with E-state index in [9.17, 15) is 22.8 Å². The highest BCUT2D eigenvalue weighted by molar-refractivity contribution is 7.89. The minimum Gasteiger partial charge on any atom is -0.325 e. The van der Waals surface area contributed by atoms with Crippen molar-refractivity contribution in [1.29, 1.82) is 0 Å². The zero-order chi connectivity index (χ0) is 23.0. The predicted octanol–water partition coefficient (Wildman–Crippen LogP) is 1.84. The predicted molar refractivity (Wildman–Crippen MR) is 115 cm³/mol. The zero-order valence-corrected chi connectivity index (χ0v) is 18.4. The first-order valence-electron chi connectivity index (χ1n) is 9.75. The van der Waals surface area contributed by atoms with Crippen LogP contribution in [0.25, 0.3) is 0 Å². The van der Waals surface area contributed by atoms with Crippen LogP contribution in [0.5, 0.6) is 0 Å². The Bertz CT molecular complexity index is 1110. The van der Waals surface area contributed by atoms with Crippen molar-refractivity contribution in [1.82, 2.24) is 4.90 Å². The summed E-state index contributed by atoms with van der Waals surface area (Å²) in [5.41, 5.74) is 0.350. The second-order valence-electron chi connectivity index (χ2n) is 8.42. The van der Waals surface area contributed by atoms with Crippen LogP contribution in [0.1, 0.15) is 32.8 Å². The number of anilines is 1. The average molecular weight is 444 g/mol. The average Bonchev–Trinajstić information content (AvgIpc) is 2.94. The number of rotatable bonds is 5. The molecule has 1 fully saturated rings. The van der Waals surface area contributed by atoms with Gasteiger partial charge in [0.2, 0.25) is 21.8 Å². The fourth-order valence-corrected chi connectivity index (χ4v) is 4.26. The van der Waals surface area contributed by atoms with Gasteiger partial charge in [0.1, 0.15) is 6.04 Å². The second kappa shape index (κ2) is 8.24. The van der Waals surface area contributed by atoms with E-state index in [-0.39, 0.29) is 29.3 Å². The number of nitrogens with zero attached hydrogens (tertiary/aromatic N) is 2. The van der Waals surface area contributed by atoms with Crippen LogP contribution in [-0.2, 0) is 30.8 Å². The first-order chi connectivity index (χ1) is 14.4. The molecule has 31 heavy (non-hydrogen) atoms. The molecule has 1 aliphatic heterocycles. The third-order valence-electron chi connectivity index (χ3n) is 5.05. The molecule has 9 heteroatoms. The van der Waals surface area contributed by atoms with Crippen molar-refractivity contribution in [3.05, 3.63) is 60.2 Å². The normalized spacial score (nSPS) is 17.2. The van der Waals surface area contributed by atoms with Crippen molar-refractivity contribution in [2.75, 3.05) is 4.90 Å². The molecule has 1 saturated heterocycles. The van der Waals surface area contributed by atoms with Gasteiger partial charge in [-0.25, -0.2) is 18.5 Å².